The number of H-pyrrole nitrogens is 1. The molecule has 3 aromatic rings. The Morgan fingerprint density at radius 2 is 1.83 bits per heavy atom. The van der Waals surface area contributed by atoms with E-state index in [0.717, 1.165) is 23.5 Å². The number of amides is 1. The van der Waals surface area contributed by atoms with Gasteiger partial charge in [0, 0.05) is 5.69 Å². The Hall–Kier alpha value is -2.91. The highest BCUT2D eigenvalue weighted by Crippen LogP contribution is 2.23. The van der Waals surface area contributed by atoms with E-state index in [9.17, 15) is 18.0 Å². The monoisotopic (exact) mass is 429 g/mol. The lowest BCUT2D eigenvalue weighted by Crippen LogP contribution is -2.20. The summed E-state index contributed by atoms with van der Waals surface area (Å²) in [5.41, 5.74) is 1.37. The number of hydrogen-bond donors (Lipinski definition) is 2. The third kappa shape index (κ3) is 4.93. The third-order valence-corrected chi connectivity index (χ3v) is 6.84. The van der Waals surface area contributed by atoms with Gasteiger partial charge in [-0.15, -0.1) is 0 Å². The predicted octanol–water partition coefficient (Wildman–Crippen LogP) is 2.95. The first-order chi connectivity index (χ1) is 13.8. The molecule has 29 heavy (non-hydrogen) atoms. The highest BCUT2D eigenvalue weighted by Gasteiger charge is 2.24. The van der Waals surface area contributed by atoms with E-state index < -0.39 is 20.3 Å². The maximum Gasteiger partial charge on any atom is 0.270 e. The number of rotatable bonds is 6. The van der Waals surface area contributed by atoms with Crippen molar-refractivity contribution in [3.05, 3.63) is 76.2 Å². The Bertz CT molecular complexity index is 1210. The topological polar surface area (TPSA) is 109 Å². The van der Waals surface area contributed by atoms with Gasteiger partial charge in [0.2, 0.25) is 15.7 Å². The fourth-order valence-corrected chi connectivity index (χ4v) is 4.79. The molecule has 0 fully saturated rings. The van der Waals surface area contributed by atoms with Gasteiger partial charge < -0.3 is 10.3 Å². The van der Waals surface area contributed by atoms with Gasteiger partial charge in [0.25, 0.3) is 5.56 Å². The van der Waals surface area contributed by atoms with Gasteiger partial charge in [0.15, 0.2) is 10.1 Å². The summed E-state index contributed by atoms with van der Waals surface area (Å²) in [7, 11) is -4.00. The number of nitrogens with one attached hydrogen (secondary N) is 2. The molecule has 0 saturated carbocycles. The molecule has 0 bridgehead atoms. The minimum absolute atomic E-state index is 0.0149. The molecule has 3 rings (SSSR count). The lowest BCUT2D eigenvalue weighted by molar-refractivity contribution is -0.113. The van der Waals surface area contributed by atoms with Crippen molar-refractivity contribution in [1.82, 2.24) is 9.97 Å². The minimum atomic E-state index is -4.00. The van der Waals surface area contributed by atoms with Gasteiger partial charge >= 0.3 is 0 Å². The molecular formula is C20H19N3O4S2. The number of hydrogen-bond acceptors (Lipinski definition) is 6. The van der Waals surface area contributed by atoms with E-state index in [2.05, 4.69) is 15.3 Å². The molecule has 2 aromatic carbocycles. The normalized spacial score (nSPS) is 11.2. The zero-order valence-corrected chi connectivity index (χ0v) is 17.4. The Morgan fingerprint density at radius 1 is 1.10 bits per heavy atom. The van der Waals surface area contributed by atoms with Crippen LogP contribution in [-0.2, 0) is 14.6 Å². The molecule has 1 heterocycles. The van der Waals surface area contributed by atoms with Crippen LogP contribution in [0, 0.1) is 13.8 Å². The summed E-state index contributed by atoms with van der Waals surface area (Å²) in [6.07, 6.45) is 1.03. The van der Waals surface area contributed by atoms with Crippen LogP contribution in [0.4, 0.5) is 5.69 Å². The van der Waals surface area contributed by atoms with E-state index in [0.29, 0.717) is 11.3 Å². The van der Waals surface area contributed by atoms with Gasteiger partial charge in [-0.05, 0) is 37.6 Å². The van der Waals surface area contributed by atoms with E-state index in [1.54, 1.807) is 43.3 Å². The molecular weight excluding hydrogens is 410 g/mol. The molecule has 0 aliphatic carbocycles. The standard InChI is InChI=1S/C20H19N3O4S2/c1-13-8-9-16(14(2)10-13)29(26,27)17-11-21-20(23-19(17)25)28-12-18(24)22-15-6-4-3-5-7-15/h3-11H,12H2,1-2H3,(H,22,24)(H,21,23,25). The number of carbonyl (C=O) groups is 1. The molecule has 0 spiro atoms. The van der Waals surface area contributed by atoms with Crippen LogP contribution >= 0.6 is 11.8 Å². The first kappa shape index (κ1) is 20.8. The number of sulfone groups is 1. The molecule has 0 atom stereocenters. The van der Waals surface area contributed by atoms with Crippen LogP contribution in [0.3, 0.4) is 0 Å². The highest BCUT2D eigenvalue weighted by molar-refractivity contribution is 7.99. The summed E-state index contributed by atoms with van der Waals surface area (Å²) in [5, 5.41) is 2.88. The van der Waals surface area contributed by atoms with Gasteiger partial charge in [-0.1, -0.05) is 47.7 Å². The Labute approximate surface area is 172 Å². The van der Waals surface area contributed by atoms with Crippen molar-refractivity contribution in [2.45, 2.75) is 28.8 Å². The number of anilines is 1. The fraction of sp³-hybridized carbons (Fsp3) is 0.150. The van der Waals surface area contributed by atoms with Crippen molar-refractivity contribution in [3.63, 3.8) is 0 Å². The molecule has 0 aliphatic rings. The first-order valence-electron chi connectivity index (χ1n) is 8.67. The summed E-state index contributed by atoms with van der Waals surface area (Å²) in [6, 6.07) is 13.9. The first-order valence-corrected chi connectivity index (χ1v) is 11.1. The number of aromatic amines is 1. The molecule has 0 saturated heterocycles. The van der Waals surface area contributed by atoms with Gasteiger partial charge in [0.1, 0.15) is 0 Å². The Morgan fingerprint density at radius 3 is 2.48 bits per heavy atom. The van der Waals surface area contributed by atoms with Crippen molar-refractivity contribution in [1.29, 1.82) is 0 Å². The zero-order valence-electron chi connectivity index (χ0n) is 15.8. The maximum atomic E-state index is 12.8. The lowest BCUT2D eigenvalue weighted by Gasteiger charge is -2.08. The van der Waals surface area contributed by atoms with Gasteiger partial charge in [-0.25, -0.2) is 13.4 Å². The third-order valence-electron chi connectivity index (χ3n) is 4.05. The number of carbonyl (C=O) groups excluding carboxylic acids is 1. The average Bonchev–Trinajstić information content (AvgIpc) is 2.66. The van der Waals surface area contributed by atoms with Gasteiger partial charge in [-0.3, -0.25) is 9.59 Å². The zero-order chi connectivity index (χ0) is 21.0. The van der Waals surface area contributed by atoms with Crippen LogP contribution in [0.15, 0.2) is 74.5 Å². The largest absolute Gasteiger partial charge is 0.325 e. The van der Waals surface area contributed by atoms with Crippen molar-refractivity contribution < 1.29 is 13.2 Å². The Balaban J connectivity index is 1.75. The number of aromatic nitrogens is 2. The van der Waals surface area contributed by atoms with E-state index in [1.807, 2.05) is 13.0 Å². The summed E-state index contributed by atoms with van der Waals surface area (Å²) in [4.78, 5) is 30.5. The summed E-state index contributed by atoms with van der Waals surface area (Å²) in [6.45, 7) is 3.54. The van der Waals surface area contributed by atoms with E-state index in [1.165, 1.54) is 6.07 Å². The maximum absolute atomic E-state index is 12.8. The van der Waals surface area contributed by atoms with Gasteiger partial charge in [0.05, 0.1) is 16.8 Å². The summed E-state index contributed by atoms with van der Waals surface area (Å²) >= 11 is 1.01. The molecule has 0 aliphatic heterocycles. The number of aryl methyl sites for hydroxylation is 2. The number of nitrogens with zero attached hydrogens (tertiary/aromatic N) is 1. The minimum Gasteiger partial charge on any atom is -0.325 e. The van der Waals surface area contributed by atoms with Crippen LogP contribution < -0.4 is 10.9 Å². The second-order valence-electron chi connectivity index (χ2n) is 6.36. The SMILES string of the molecule is Cc1ccc(S(=O)(=O)c2cnc(SCC(=O)Nc3ccccc3)[nH]c2=O)c(C)c1. The lowest BCUT2D eigenvalue weighted by atomic mass is 10.2. The van der Waals surface area contributed by atoms with Crippen LogP contribution in [0.1, 0.15) is 11.1 Å². The Kier molecular flexibility index (Phi) is 6.19. The van der Waals surface area contributed by atoms with Crippen molar-refractivity contribution in [2.24, 2.45) is 0 Å². The smallest absolute Gasteiger partial charge is 0.270 e. The summed E-state index contributed by atoms with van der Waals surface area (Å²) in [5.74, 6) is -0.253. The highest BCUT2D eigenvalue weighted by atomic mass is 32.2. The molecule has 150 valence electrons. The molecule has 7 nitrogen and oxygen atoms in total. The molecule has 1 aromatic heterocycles. The van der Waals surface area contributed by atoms with Crippen LogP contribution in [0.2, 0.25) is 0 Å². The van der Waals surface area contributed by atoms with Crippen molar-refractivity contribution >= 4 is 33.2 Å². The number of thioether (sulfide) groups is 1. The van der Waals surface area contributed by atoms with E-state index in [4.69, 9.17) is 0 Å². The second kappa shape index (κ2) is 8.62. The molecule has 2 N–H and O–H groups in total. The predicted molar refractivity (Wildman–Crippen MR) is 112 cm³/mol. The number of para-hydroxylation sites is 1. The fourth-order valence-electron chi connectivity index (χ4n) is 2.70. The van der Waals surface area contributed by atoms with Gasteiger partial charge in [-0.2, -0.15) is 0 Å². The average molecular weight is 430 g/mol. The van der Waals surface area contributed by atoms with Crippen LogP contribution in [0.5, 0.6) is 0 Å². The second-order valence-corrected chi connectivity index (χ2v) is 9.21. The van der Waals surface area contributed by atoms with Crippen molar-refractivity contribution in [3.8, 4) is 0 Å². The van der Waals surface area contributed by atoms with E-state index >= 15 is 0 Å². The van der Waals surface area contributed by atoms with Crippen molar-refractivity contribution in [2.75, 3.05) is 11.1 Å². The molecule has 0 unspecified atom stereocenters. The molecule has 0 radical (unpaired) electrons. The summed E-state index contributed by atoms with van der Waals surface area (Å²) < 4.78 is 25.7. The van der Waals surface area contributed by atoms with E-state index in [-0.39, 0.29) is 21.7 Å². The quantitative estimate of drug-likeness (QED) is 0.461. The number of benzene rings is 2. The molecule has 1 amide bonds. The molecule has 9 heteroatoms. The van der Waals surface area contributed by atoms with Crippen LogP contribution in [-0.4, -0.2) is 30.0 Å². The van der Waals surface area contributed by atoms with Crippen LogP contribution in [0.25, 0.3) is 0 Å².